The highest BCUT2D eigenvalue weighted by Crippen LogP contribution is 2.25. The Morgan fingerprint density at radius 1 is 0.966 bits per heavy atom. The van der Waals surface area contributed by atoms with Crippen molar-refractivity contribution in [2.45, 2.75) is 34.2 Å². The maximum absolute atomic E-state index is 13.1. The van der Waals surface area contributed by atoms with Gasteiger partial charge in [0.1, 0.15) is 5.41 Å². The average Bonchev–Trinajstić information content (AvgIpc) is 2.71. The summed E-state index contributed by atoms with van der Waals surface area (Å²) in [6, 6.07) is 16.3. The molecule has 29 heavy (non-hydrogen) atoms. The minimum absolute atomic E-state index is 0.111. The van der Waals surface area contributed by atoms with E-state index < -0.39 is 5.41 Å². The Bertz CT molecular complexity index is 869. The van der Waals surface area contributed by atoms with Gasteiger partial charge in [-0.05, 0) is 50.5 Å². The maximum Gasteiger partial charge on any atom is 0.239 e. The highest BCUT2D eigenvalue weighted by Gasteiger charge is 2.40. The Labute approximate surface area is 173 Å². The molecule has 154 valence electrons. The van der Waals surface area contributed by atoms with Crippen LogP contribution in [0.4, 0.5) is 5.69 Å². The summed E-state index contributed by atoms with van der Waals surface area (Å²) in [6.07, 6.45) is 0. The first-order chi connectivity index (χ1) is 13.8. The molecule has 1 aliphatic rings. The third-order valence-corrected chi connectivity index (χ3v) is 5.65. The quantitative estimate of drug-likeness (QED) is 0.790. The molecule has 0 atom stereocenters. The van der Waals surface area contributed by atoms with Crippen LogP contribution in [0.3, 0.4) is 0 Å². The van der Waals surface area contributed by atoms with Gasteiger partial charge in [-0.15, -0.1) is 0 Å². The van der Waals surface area contributed by atoms with Crippen molar-refractivity contribution in [3.8, 4) is 0 Å². The minimum atomic E-state index is -1.11. The lowest BCUT2D eigenvalue weighted by molar-refractivity contribution is -0.147. The fraction of sp³-hybridized carbons (Fsp3) is 0.417. The van der Waals surface area contributed by atoms with Crippen molar-refractivity contribution >= 4 is 17.5 Å². The number of benzene rings is 2. The molecule has 2 aromatic rings. The van der Waals surface area contributed by atoms with Crippen molar-refractivity contribution < 1.29 is 9.59 Å². The van der Waals surface area contributed by atoms with E-state index in [1.54, 1.807) is 13.8 Å². The van der Waals surface area contributed by atoms with Gasteiger partial charge in [0.2, 0.25) is 11.8 Å². The summed E-state index contributed by atoms with van der Waals surface area (Å²) in [5, 5.41) is 2.96. The van der Waals surface area contributed by atoms with Crippen LogP contribution in [-0.4, -0.2) is 47.8 Å². The summed E-state index contributed by atoms with van der Waals surface area (Å²) in [5.41, 5.74) is 2.99. The first-order valence-electron chi connectivity index (χ1n) is 10.2. The van der Waals surface area contributed by atoms with Gasteiger partial charge >= 0.3 is 0 Å². The Hall–Kier alpha value is -2.66. The van der Waals surface area contributed by atoms with Gasteiger partial charge in [0.15, 0.2) is 0 Å². The van der Waals surface area contributed by atoms with E-state index in [2.05, 4.69) is 22.3 Å². The molecule has 1 heterocycles. The van der Waals surface area contributed by atoms with E-state index in [9.17, 15) is 9.59 Å². The normalized spacial score (nSPS) is 15.2. The van der Waals surface area contributed by atoms with E-state index in [0.29, 0.717) is 13.1 Å². The van der Waals surface area contributed by atoms with Gasteiger partial charge in [-0.3, -0.25) is 14.5 Å². The standard InChI is InChI=1S/C24H31N3O2/c1-18-10-11-19(2)21(16-18)25-22(28)24(3,4)23(29)27-14-12-26(13-15-27)17-20-8-6-5-7-9-20/h5-11,16H,12-15,17H2,1-4H3,(H,25,28). The summed E-state index contributed by atoms with van der Waals surface area (Å²) < 4.78 is 0. The van der Waals surface area contributed by atoms with Gasteiger partial charge in [-0.2, -0.15) is 0 Å². The van der Waals surface area contributed by atoms with E-state index in [4.69, 9.17) is 0 Å². The van der Waals surface area contributed by atoms with Crippen LogP contribution in [0.2, 0.25) is 0 Å². The van der Waals surface area contributed by atoms with Crippen molar-refractivity contribution in [1.82, 2.24) is 9.80 Å². The minimum Gasteiger partial charge on any atom is -0.339 e. The number of hydrogen-bond donors (Lipinski definition) is 1. The van der Waals surface area contributed by atoms with E-state index in [0.717, 1.165) is 36.4 Å². The molecule has 2 aromatic carbocycles. The Balaban J connectivity index is 1.59. The number of nitrogens with one attached hydrogen (secondary N) is 1. The largest absolute Gasteiger partial charge is 0.339 e. The molecule has 2 amide bonds. The third kappa shape index (κ3) is 5.04. The van der Waals surface area contributed by atoms with Crippen molar-refractivity contribution in [1.29, 1.82) is 0 Å². The molecule has 5 heteroatoms. The van der Waals surface area contributed by atoms with Crippen LogP contribution < -0.4 is 5.32 Å². The molecule has 0 aliphatic carbocycles. The fourth-order valence-corrected chi connectivity index (χ4v) is 3.59. The number of carbonyl (C=O) groups is 2. The van der Waals surface area contributed by atoms with Crippen LogP contribution in [0.1, 0.15) is 30.5 Å². The SMILES string of the molecule is Cc1ccc(C)c(NC(=O)C(C)(C)C(=O)N2CCN(Cc3ccccc3)CC2)c1. The van der Waals surface area contributed by atoms with Crippen LogP contribution in [-0.2, 0) is 16.1 Å². The van der Waals surface area contributed by atoms with Crippen molar-refractivity contribution in [2.24, 2.45) is 5.41 Å². The van der Waals surface area contributed by atoms with Crippen LogP contribution in [0.25, 0.3) is 0 Å². The smallest absolute Gasteiger partial charge is 0.239 e. The molecule has 3 rings (SSSR count). The van der Waals surface area contributed by atoms with E-state index >= 15 is 0 Å². The molecule has 5 nitrogen and oxygen atoms in total. The van der Waals surface area contributed by atoms with Crippen molar-refractivity contribution in [3.05, 3.63) is 65.2 Å². The molecule has 0 aromatic heterocycles. The van der Waals surface area contributed by atoms with Gasteiger partial charge < -0.3 is 10.2 Å². The molecule has 0 bridgehead atoms. The van der Waals surface area contributed by atoms with Crippen LogP contribution in [0, 0.1) is 19.3 Å². The monoisotopic (exact) mass is 393 g/mol. The number of nitrogens with zero attached hydrogens (tertiary/aromatic N) is 2. The molecule has 1 N–H and O–H groups in total. The summed E-state index contributed by atoms with van der Waals surface area (Å²) in [5.74, 6) is -0.373. The third-order valence-electron chi connectivity index (χ3n) is 5.65. The number of piperazine rings is 1. The molecular weight excluding hydrogens is 362 g/mol. The van der Waals surface area contributed by atoms with Crippen LogP contribution in [0.15, 0.2) is 48.5 Å². The lowest BCUT2D eigenvalue weighted by atomic mass is 9.89. The van der Waals surface area contributed by atoms with Crippen molar-refractivity contribution in [2.75, 3.05) is 31.5 Å². The zero-order valence-corrected chi connectivity index (χ0v) is 17.9. The van der Waals surface area contributed by atoms with Gasteiger partial charge in [0.05, 0.1) is 0 Å². The number of hydrogen-bond acceptors (Lipinski definition) is 3. The highest BCUT2D eigenvalue weighted by molar-refractivity contribution is 6.10. The Kier molecular flexibility index (Phi) is 6.38. The van der Waals surface area contributed by atoms with Gasteiger partial charge in [-0.1, -0.05) is 42.5 Å². The number of amides is 2. The zero-order valence-electron chi connectivity index (χ0n) is 17.9. The summed E-state index contributed by atoms with van der Waals surface area (Å²) in [6.45, 7) is 11.2. The van der Waals surface area contributed by atoms with E-state index in [-0.39, 0.29) is 11.8 Å². The Morgan fingerprint density at radius 2 is 1.62 bits per heavy atom. The van der Waals surface area contributed by atoms with Crippen LogP contribution >= 0.6 is 0 Å². The molecule has 0 spiro atoms. The van der Waals surface area contributed by atoms with Gasteiger partial charge in [-0.25, -0.2) is 0 Å². The molecule has 1 fully saturated rings. The number of rotatable bonds is 5. The summed E-state index contributed by atoms with van der Waals surface area (Å²) in [7, 11) is 0. The van der Waals surface area contributed by atoms with Gasteiger partial charge in [0.25, 0.3) is 0 Å². The second-order valence-corrected chi connectivity index (χ2v) is 8.45. The summed E-state index contributed by atoms with van der Waals surface area (Å²) in [4.78, 5) is 30.2. The van der Waals surface area contributed by atoms with Gasteiger partial charge in [0, 0.05) is 38.4 Å². The summed E-state index contributed by atoms with van der Waals surface area (Å²) >= 11 is 0. The molecule has 1 saturated heterocycles. The first kappa shape index (κ1) is 21.1. The van der Waals surface area contributed by atoms with Crippen molar-refractivity contribution in [3.63, 3.8) is 0 Å². The predicted octanol–water partition coefficient (Wildman–Crippen LogP) is 3.61. The zero-order chi connectivity index (χ0) is 21.0. The molecule has 0 unspecified atom stereocenters. The average molecular weight is 394 g/mol. The topological polar surface area (TPSA) is 52.7 Å². The molecular formula is C24H31N3O2. The lowest BCUT2D eigenvalue weighted by Crippen LogP contribution is -2.54. The number of anilines is 1. The highest BCUT2D eigenvalue weighted by atomic mass is 16.2. The predicted molar refractivity (Wildman–Crippen MR) is 117 cm³/mol. The van der Waals surface area contributed by atoms with Crippen LogP contribution in [0.5, 0.6) is 0 Å². The maximum atomic E-state index is 13.1. The molecule has 0 radical (unpaired) electrons. The lowest BCUT2D eigenvalue weighted by Gasteiger charge is -2.38. The van der Waals surface area contributed by atoms with E-state index in [1.165, 1.54) is 5.56 Å². The Morgan fingerprint density at radius 3 is 2.28 bits per heavy atom. The number of aryl methyl sites for hydroxylation is 2. The van der Waals surface area contributed by atoms with E-state index in [1.807, 2.05) is 55.1 Å². The first-order valence-corrected chi connectivity index (χ1v) is 10.2. The number of carbonyl (C=O) groups excluding carboxylic acids is 2. The molecule has 1 aliphatic heterocycles. The second-order valence-electron chi connectivity index (χ2n) is 8.45. The molecule has 0 saturated carbocycles. The second kappa shape index (κ2) is 8.78. The fourth-order valence-electron chi connectivity index (χ4n) is 3.59.